The van der Waals surface area contributed by atoms with Gasteiger partial charge < -0.3 is 11.5 Å². The lowest BCUT2D eigenvalue weighted by atomic mass is 10.2. The lowest BCUT2D eigenvalue weighted by Gasteiger charge is -2.08. The minimum Gasteiger partial charge on any atom is -0.370 e. The lowest BCUT2D eigenvalue weighted by molar-refractivity contribution is 0.100. The summed E-state index contributed by atoms with van der Waals surface area (Å²) in [6, 6.07) is 5.14. The Bertz CT molecular complexity index is 704. The molecule has 0 aliphatic carbocycles. The summed E-state index contributed by atoms with van der Waals surface area (Å²) in [5, 5.41) is 4.87. The molecule has 1 aromatic heterocycles. The van der Waals surface area contributed by atoms with Gasteiger partial charge in [-0.05, 0) is 19.1 Å². The van der Waals surface area contributed by atoms with E-state index in [9.17, 15) is 4.79 Å². The third kappa shape index (κ3) is 2.61. The Morgan fingerprint density at radius 2 is 2.05 bits per heavy atom. The quantitative estimate of drug-likeness (QED) is 0.653. The summed E-state index contributed by atoms with van der Waals surface area (Å²) in [4.78, 5) is 15.3. The predicted molar refractivity (Wildman–Crippen MR) is 78.5 cm³/mol. The van der Waals surface area contributed by atoms with Crippen molar-refractivity contribution in [3.8, 4) is 5.69 Å². The van der Waals surface area contributed by atoms with Gasteiger partial charge >= 0.3 is 0 Å². The highest BCUT2D eigenvalue weighted by Crippen LogP contribution is 2.29. The lowest BCUT2D eigenvalue weighted by Crippen LogP contribution is -2.24. The van der Waals surface area contributed by atoms with Crippen LogP contribution >= 0.6 is 23.2 Å². The standard InChI is InChI=1S/C12H11Cl2N5O/c1-6-7(11(20)18-12(15)16)5-17-19(6)9-4-2-3-8(13)10(9)14/h2-5H,1H3,(H4,15,16,18,20). The topological polar surface area (TPSA) is 99.3 Å². The maximum absolute atomic E-state index is 11.8. The number of nitrogens with zero attached hydrogens (tertiary/aromatic N) is 3. The second kappa shape index (κ2) is 5.52. The Balaban J connectivity index is 2.51. The van der Waals surface area contributed by atoms with Crippen molar-refractivity contribution < 1.29 is 4.79 Å². The van der Waals surface area contributed by atoms with E-state index in [0.29, 0.717) is 21.4 Å². The zero-order valence-corrected chi connectivity index (χ0v) is 12.0. The van der Waals surface area contributed by atoms with Crippen LogP contribution in [-0.4, -0.2) is 21.6 Å². The van der Waals surface area contributed by atoms with Crippen molar-refractivity contribution in [1.82, 2.24) is 9.78 Å². The SMILES string of the molecule is Cc1c(C(=O)N=C(N)N)cnn1-c1cccc(Cl)c1Cl. The molecule has 1 amide bonds. The van der Waals surface area contributed by atoms with Crippen LogP contribution < -0.4 is 11.5 Å². The summed E-state index contributed by atoms with van der Waals surface area (Å²) in [6.07, 6.45) is 1.38. The van der Waals surface area contributed by atoms with Gasteiger partial charge in [-0.25, -0.2) is 4.68 Å². The van der Waals surface area contributed by atoms with Crippen molar-refractivity contribution >= 4 is 35.1 Å². The number of benzene rings is 1. The van der Waals surface area contributed by atoms with E-state index in [4.69, 9.17) is 34.7 Å². The maximum Gasteiger partial charge on any atom is 0.283 e. The number of halogens is 2. The van der Waals surface area contributed by atoms with E-state index in [-0.39, 0.29) is 11.5 Å². The fourth-order valence-electron chi connectivity index (χ4n) is 1.70. The normalized spacial score (nSPS) is 10.3. The Kier molecular flexibility index (Phi) is 3.96. The summed E-state index contributed by atoms with van der Waals surface area (Å²) < 4.78 is 1.50. The largest absolute Gasteiger partial charge is 0.370 e. The Morgan fingerprint density at radius 3 is 2.70 bits per heavy atom. The molecule has 6 nitrogen and oxygen atoms in total. The predicted octanol–water partition coefficient (Wildman–Crippen LogP) is 1.90. The van der Waals surface area contributed by atoms with Gasteiger partial charge in [0.15, 0.2) is 5.96 Å². The molecule has 0 radical (unpaired) electrons. The molecular weight excluding hydrogens is 301 g/mol. The summed E-state index contributed by atoms with van der Waals surface area (Å²) in [7, 11) is 0. The first-order valence-electron chi connectivity index (χ1n) is 5.54. The minimum atomic E-state index is -0.563. The van der Waals surface area contributed by atoms with Crippen LogP contribution in [0.5, 0.6) is 0 Å². The van der Waals surface area contributed by atoms with E-state index >= 15 is 0 Å². The van der Waals surface area contributed by atoms with Crippen molar-refractivity contribution in [3.63, 3.8) is 0 Å². The van der Waals surface area contributed by atoms with Crippen molar-refractivity contribution in [2.24, 2.45) is 16.5 Å². The third-order valence-electron chi connectivity index (χ3n) is 2.63. The molecule has 0 spiro atoms. The molecule has 104 valence electrons. The number of guanidine groups is 1. The monoisotopic (exact) mass is 311 g/mol. The third-order valence-corrected chi connectivity index (χ3v) is 3.44. The van der Waals surface area contributed by atoms with Crippen LogP contribution in [0.2, 0.25) is 10.0 Å². The van der Waals surface area contributed by atoms with E-state index in [1.165, 1.54) is 10.9 Å². The Hall–Kier alpha value is -2.05. The number of aliphatic imine (C=N–C) groups is 1. The molecule has 0 atom stereocenters. The van der Waals surface area contributed by atoms with Crippen molar-refractivity contribution in [3.05, 3.63) is 45.7 Å². The molecule has 20 heavy (non-hydrogen) atoms. The van der Waals surface area contributed by atoms with Crippen molar-refractivity contribution in [2.45, 2.75) is 6.92 Å². The van der Waals surface area contributed by atoms with Crippen LogP contribution in [0.25, 0.3) is 5.69 Å². The van der Waals surface area contributed by atoms with E-state index in [1.807, 2.05) is 0 Å². The van der Waals surface area contributed by atoms with Crippen LogP contribution in [0.15, 0.2) is 29.4 Å². The van der Waals surface area contributed by atoms with Gasteiger partial charge in [-0.15, -0.1) is 0 Å². The maximum atomic E-state index is 11.8. The highest BCUT2D eigenvalue weighted by molar-refractivity contribution is 6.43. The molecule has 2 rings (SSSR count). The summed E-state index contributed by atoms with van der Waals surface area (Å²) in [6.45, 7) is 1.71. The first kappa shape index (κ1) is 14.4. The number of hydrogen-bond donors (Lipinski definition) is 2. The molecule has 0 aliphatic heterocycles. The van der Waals surface area contributed by atoms with Gasteiger partial charge in [0.2, 0.25) is 0 Å². The number of hydrogen-bond acceptors (Lipinski definition) is 2. The fraction of sp³-hybridized carbons (Fsp3) is 0.0833. The van der Waals surface area contributed by atoms with E-state index in [2.05, 4.69) is 10.1 Å². The van der Waals surface area contributed by atoms with Crippen LogP contribution in [0.4, 0.5) is 0 Å². The first-order chi connectivity index (χ1) is 9.41. The van der Waals surface area contributed by atoms with Gasteiger partial charge in [0.1, 0.15) is 0 Å². The molecule has 2 aromatic rings. The van der Waals surface area contributed by atoms with Crippen LogP contribution in [-0.2, 0) is 0 Å². The van der Waals surface area contributed by atoms with Crippen molar-refractivity contribution in [1.29, 1.82) is 0 Å². The number of rotatable bonds is 2. The summed E-state index contributed by atoms with van der Waals surface area (Å²) >= 11 is 12.1. The molecule has 1 heterocycles. The van der Waals surface area contributed by atoms with Gasteiger partial charge in [0, 0.05) is 0 Å². The molecule has 8 heteroatoms. The molecule has 0 unspecified atom stereocenters. The molecular formula is C12H11Cl2N5O. The number of carbonyl (C=O) groups is 1. The highest BCUT2D eigenvalue weighted by Gasteiger charge is 2.17. The summed E-state index contributed by atoms with van der Waals surface area (Å²) in [5.41, 5.74) is 11.8. The summed E-state index contributed by atoms with van der Waals surface area (Å²) in [5.74, 6) is -0.866. The van der Waals surface area contributed by atoms with Crippen molar-refractivity contribution in [2.75, 3.05) is 0 Å². The molecule has 0 fully saturated rings. The zero-order valence-electron chi connectivity index (χ0n) is 10.5. The van der Waals surface area contributed by atoms with Crippen LogP contribution in [0, 0.1) is 6.92 Å². The molecule has 4 N–H and O–H groups in total. The van der Waals surface area contributed by atoms with Gasteiger partial charge in [0.05, 0.1) is 33.2 Å². The van der Waals surface area contributed by atoms with E-state index in [1.54, 1.807) is 25.1 Å². The van der Waals surface area contributed by atoms with Gasteiger partial charge in [-0.1, -0.05) is 29.3 Å². The molecule has 0 bridgehead atoms. The Morgan fingerprint density at radius 1 is 1.35 bits per heavy atom. The smallest absolute Gasteiger partial charge is 0.283 e. The van der Waals surface area contributed by atoms with E-state index < -0.39 is 5.91 Å². The van der Waals surface area contributed by atoms with E-state index in [0.717, 1.165) is 0 Å². The minimum absolute atomic E-state index is 0.287. The first-order valence-corrected chi connectivity index (χ1v) is 6.30. The average Bonchev–Trinajstić information content (AvgIpc) is 2.74. The Labute approximate surface area is 125 Å². The molecule has 0 aliphatic rings. The number of nitrogens with two attached hydrogens (primary N) is 2. The van der Waals surface area contributed by atoms with Gasteiger partial charge in [-0.3, -0.25) is 4.79 Å². The number of amides is 1. The molecule has 1 aromatic carbocycles. The second-order valence-electron chi connectivity index (χ2n) is 3.97. The number of aromatic nitrogens is 2. The second-order valence-corrected chi connectivity index (χ2v) is 4.76. The average molecular weight is 312 g/mol. The highest BCUT2D eigenvalue weighted by atomic mass is 35.5. The number of carbonyl (C=O) groups excluding carboxylic acids is 1. The van der Waals surface area contributed by atoms with Crippen LogP contribution in [0.3, 0.4) is 0 Å². The molecule has 0 saturated heterocycles. The zero-order chi connectivity index (χ0) is 14.9. The van der Waals surface area contributed by atoms with Crippen LogP contribution in [0.1, 0.15) is 16.1 Å². The van der Waals surface area contributed by atoms with Gasteiger partial charge in [-0.2, -0.15) is 10.1 Å². The fourth-order valence-corrected chi connectivity index (χ4v) is 2.07. The van der Waals surface area contributed by atoms with Gasteiger partial charge in [0.25, 0.3) is 5.91 Å². The molecule has 0 saturated carbocycles.